The van der Waals surface area contributed by atoms with Crippen molar-refractivity contribution >= 4 is 0 Å². The highest BCUT2D eigenvalue weighted by atomic mass is 19.1. The summed E-state index contributed by atoms with van der Waals surface area (Å²) < 4.78 is 35.5. The molecule has 1 heterocycles. The first-order chi connectivity index (χ1) is 17.0. The number of nitrogens with zero attached hydrogens (tertiary/aromatic N) is 3. The van der Waals surface area contributed by atoms with Crippen molar-refractivity contribution < 1.29 is 18.6 Å². The minimum atomic E-state index is -0.781. The van der Waals surface area contributed by atoms with Crippen molar-refractivity contribution in [2.24, 2.45) is 7.05 Å². The van der Waals surface area contributed by atoms with E-state index in [0.717, 1.165) is 41.3 Å². The van der Waals surface area contributed by atoms with Gasteiger partial charge in [0.1, 0.15) is 11.5 Å². The van der Waals surface area contributed by atoms with Gasteiger partial charge in [0.2, 0.25) is 5.88 Å². The Balaban J connectivity index is 1.51. The summed E-state index contributed by atoms with van der Waals surface area (Å²) in [5.74, 6) is -1.14. The van der Waals surface area contributed by atoms with Gasteiger partial charge in [-0.15, -0.1) is 0 Å². The van der Waals surface area contributed by atoms with Crippen molar-refractivity contribution in [1.82, 2.24) is 14.7 Å². The van der Waals surface area contributed by atoms with Gasteiger partial charge in [-0.25, -0.2) is 13.5 Å². The third-order valence-corrected chi connectivity index (χ3v) is 6.25. The molecule has 4 aromatic rings. The number of halogens is 2. The van der Waals surface area contributed by atoms with Crippen LogP contribution in [-0.4, -0.2) is 32.4 Å². The van der Waals surface area contributed by atoms with E-state index in [1.54, 1.807) is 11.7 Å². The highest BCUT2D eigenvalue weighted by Gasteiger charge is 2.33. The molecule has 3 aromatic carbocycles. The number of rotatable bonds is 9. The number of benzene rings is 3. The fraction of sp³-hybridized carbons (Fsp3) is 0.250. The van der Waals surface area contributed by atoms with Crippen molar-refractivity contribution in [3.05, 3.63) is 102 Å². The first kappa shape index (κ1) is 23.2. The first-order valence-electron chi connectivity index (χ1n) is 11.7. The van der Waals surface area contributed by atoms with E-state index in [9.17, 15) is 13.9 Å². The topological polar surface area (TPSA) is 50.5 Å². The molecule has 0 spiro atoms. The summed E-state index contributed by atoms with van der Waals surface area (Å²) in [6.07, 6.45) is 1.45. The van der Waals surface area contributed by atoms with Gasteiger partial charge < -0.3 is 9.84 Å². The van der Waals surface area contributed by atoms with Crippen LogP contribution in [0.4, 0.5) is 8.78 Å². The van der Waals surface area contributed by atoms with Gasteiger partial charge in [0.05, 0.1) is 11.7 Å². The van der Waals surface area contributed by atoms with Crippen LogP contribution in [0.1, 0.15) is 30.1 Å². The molecule has 5 nitrogen and oxygen atoms in total. The zero-order valence-electron chi connectivity index (χ0n) is 19.4. The Morgan fingerprint density at radius 3 is 2.37 bits per heavy atom. The molecule has 180 valence electrons. The van der Waals surface area contributed by atoms with E-state index in [2.05, 4.69) is 4.90 Å². The number of aromatic nitrogens is 2. The smallest absolute Gasteiger partial charge is 0.222 e. The molecule has 0 saturated heterocycles. The summed E-state index contributed by atoms with van der Waals surface area (Å²) in [5, 5.41) is 15.6. The SMILES string of the molecule is Cn1nc(-c2ccccc2)c(CN(CC(O)c2ccccc2)C2CC2)c1Oc1ccc(F)cc1F. The largest absolute Gasteiger partial charge is 0.436 e. The van der Waals surface area contributed by atoms with Gasteiger partial charge in [-0.05, 0) is 30.5 Å². The molecule has 1 aromatic heterocycles. The fourth-order valence-electron chi connectivity index (χ4n) is 4.30. The molecule has 1 atom stereocenters. The summed E-state index contributed by atoms with van der Waals surface area (Å²) in [6.45, 7) is 0.910. The molecular weight excluding hydrogens is 448 g/mol. The van der Waals surface area contributed by atoms with Crippen molar-refractivity contribution in [2.75, 3.05) is 6.54 Å². The van der Waals surface area contributed by atoms with Crippen LogP contribution < -0.4 is 4.74 Å². The lowest BCUT2D eigenvalue weighted by Crippen LogP contribution is -2.30. The van der Waals surface area contributed by atoms with E-state index in [0.29, 0.717) is 25.0 Å². The van der Waals surface area contributed by atoms with Gasteiger partial charge in [0, 0.05) is 37.8 Å². The molecule has 1 saturated carbocycles. The molecule has 0 amide bonds. The maximum Gasteiger partial charge on any atom is 0.222 e. The Morgan fingerprint density at radius 2 is 1.71 bits per heavy atom. The van der Waals surface area contributed by atoms with E-state index < -0.39 is 17.7 Å². The Morgan fingerprint density at radius 1 is 1.03 bits per heavy atom. The molecule has 1 unspecified atom stereocenters. The maximum absolute atomic E-state index is 14.5. The number of hydrogen-bond acceptors (Lipinski definition) is 4. The normalized spacial score (nSPS) is 14.3. The average Bonchev–Trinajstić information content (AvgIpc) is 3.67. The van der Waals surface area contributed by atoms with Crippen LogP contribution in [0.2, 0.25) is 0 Å². The van der Waals surface area contributed by atoms with Gasteiger partial charge in [-0.1, -0.05) is 60.7 Å². The van der Waals surface area contributed by atoms with Crippen LogP contribution >= 0.6 is 0 Å². The summed E-state index contributed by atoms with van der Waals surface area (Å²) in [5.41, 5.74) is 3.28. The van der Waals surface area contributed by atoms with E-state index >= 15 is 0 Å². The van der Waals surface area contributed by atoms with Crippen LogP contribution in [-0.2, 0) is 13.6 Å². The van der Waals surface area contributed by atoms with Gasteiger partial charge in [-0.2, -0.15) is 5.10 Å². The Labute approximate surface area is 203 Å². The molecule has 7 heteroatoms. The lowest BCUT2D eigenvalue weighted by molar-refractivity contribution is 0.104. The van der Waals surface area contributed by atoms with Crippen LogP contribution in [0.3, 0.4) is 0 Å². The molecule has 1 fully saturated rings. The number of aliphatic hydroxyl groups excluding tert-OH is 1. The lowest BCUT2D eigenvalue weighted by atomic mass is 10.1. The second-order valence-corrected chi connectivity index (χ2v) is 8.89. The third kappa shape index (κ3) is 5.26. The van der Waals surface area contributed by atoms with Crippen LogP contribution in [0.25, 0.3) is 11.3 Å². The van der Waals surface area contributed by atoms with Crippen LogP contribution in [0.5, 0.6) is 11.6 Å². The summed E-state index contributed by atoms with van der Waals surface area (Å²) in [6, 6.07) is 22.9. The highest BCUT2D eigenvalue weighted by Crippen LogP contribution is 2.38. The number of aryl methyl sites for hydroxylation is 1. The fourth-order valence-corrected chi connectivity index (χ4v) is 4.30. The van der Waals surface area contributed by atoms with Crippen molar-refractivity contribution in [2.45, 2.75) is 31.5 Å². The van der Waals surface area contributed by atoms with Crippen LogP contribution in [0, 0.1) is 11.6 Å². The molecule has 0 aliphatic heterocycles. The predicted molar refractivity (Wildman–Crippen MR) is 130 cm³/mol. The second kappa shape index (κ2) is 9.98. The van der Waals surface area contributed by atoms with Crippen molar-refractivity contribution in [1.29, 1.82) is 0 Å². The quantitative estimate of drug-likeness (QED) is 0.330. The molecule has 1 N–H and O–H groups in total. The lowest BCUT2D eigenvalue weighted by Gasteiger charge is -2.25. The van der Waals surface area contributed by atoms with Gasteiger partial charge in [-0.3, -0.25) is 4.90 Å². The molecule has 0 bridgehead atoms. The molecular formula is C28H27F2N3O2. The summed E-state index contributed by atoms with van der Waals surface area (Å²) >= 11 is 0. The molecule has 0 radical (unpaired) electrons. The average molecular weight is 476 g/mol. The van der Waals surface area contributed by atoms with Crippen LogP contribution in [0.15, 0.2) is 78.9 Å². The third-order valence-electron chi connectivity index (χ3n) is 6.25. The van der Waals surface area contributed by atoms with Crippen molar-refractivity contribution in [3.8, 4) is 22.9 Å². The number of ether oxygens (including phenoxy) is 1. The second-order valence-electron chi connectivity index (χ2n) is 8.89. The highest BCUT2D eigenvalue weighted by molar-refractivity contribution is 5.65. The van der Waals surface area contributed by atoms with E-state index in [4.69, 9.17) is 9.84 Å². The van der Waals surface area contributed by atoms with Gasteiger partial charge in [0.15, 0.2) is 11.6 Å². The summed E-state index contributed by atoms with van der Waals surface area (Å²) in [4.78, 5) is 2.23. The van der Waals surface area contributed by atoms with E-state index in [-0.39, 0.29) is 5.75 Å². The first-order valence-corrected chi connectivity index (χ1v) is 11.7. The molecule has 1 aliphatic rings. The van der Waals surface area contributed by atoms with E-state index in [1.165, 1.54) is 12.1 Å². The molecule has 5 rings (SSSR count). The number of hydrogen-bond donors (Lipinski definition) is 1. The minimum Gasteiger partial charge on any atom is -0.436 e. The van der Waals surface area contributed by atoms with Gasteiger partial charge in [0.25, 0.3) is 0 Å². The zero-order valence-corrected chi connectivity index (χ0v) is 19.4. The standard InChI is InChI=1S/C28H27F2N3O2/c1-32-28(35-26-15-12-21(29)16-24(26)30)23(27(31-32)20-10-6-3-7-11-20)17-33(22-13-14-22)18-25(34)19-8-4-2-5-9-19/h2-12,15-16,22,25,34H,13-14,17-18H2,1H3. The summed E-state index contributed by atoms with van der Waals surface area (Å²) in [7, 11) is 1.74. The maximum atomic E-state index is 14.5. The molecule has 1 aliphatic carbocycles. The molecule has 35 heavy (non-hydrogen) atoms. The Hall–Kier alpha value is -3.55. The minimum absolute atomic E-state index is 0.0717. The monoisotopic (exact) mass is 475 g/mol. The Bertz CT molecular complexity index is 1290. The predicted octanol–water partition coefficient (Wildman–Crippen LogP) is 5.86. The number of aliphatic hydroxyl groups is 1. The van der Waals surface area contributed by atoms with Crippen molar-refractivity contribution in [3.63, 3.8) is 0 Å². The van der Waals surface area contributed by atoms with E-state index in [1.807, 2.05) is 60.7 Å². The van der Waals surface area contributed by atoms with Gasteiger partial charge >= 0.3 is 0 Å². The Kier molecular flexibility index (Phi) is 6.61. The zero-order chi connectivity index (χ0) is 24.4.